The van der Waals surface area contributed by atoms with Gasteiger partial charge < -0.3 is 10.1 Å². The van der Waals surface area contributed by atoms with E-state index >= 15 is 0 Å². The Kier molecular flexibility index (Phi) is 3.94. The molecule has 3 aromatic rings. The average Bonchev–Trinajstić information content (AvgIpc) is 2.89. The molecule has 1 aromatic heterocycles. The first-order valence-corrected chi connectivity index (χ1v) is 8.46. The van der Waals surface area contributed by atoms with Crippen molar-refractivity contribution in [2.45, 2.75) is 4.90 Å². The van der Waals surface area contributed by atoms with Crippen LogP contribution in [0, 0.1) is 5.82 Å². The maximum atomic E-state index is 13.8. The third-order valence-corrected chi connectivity index (χ3v) is 5.00. The van der Waals surface area contributed by atoms with Crippen LogP contribution in [0.5, 0.6) is 0 Å². The Labute approximate surface area is 140 Å². The standard InChI is InChI=1S/C15H10ClFN2O4S/c16-8-1-4-14(12(17)5-8)24(22,23)19-9-2-3-10-11(15(20)21)7-18-13(10)6-9/h1-7,18-19H,(H,20,21). The number of H-pyrrole nitrogens is 1. The van der Waals surface area contributed by atoms with Crippen LogP contribution >= 0.6 is 11.6 Å². The Morgan fingerprint density at radius 3 is 2.62 bits per heavy atom. The van der Waals surface area contributed by atoms with Gasteiger partial charge in [-0.2, -0.15) is 0 Å². The van der Waals surface area contributed by atoms with Crippen LogP contribution in [0.4, 0.5) is 10.1 Å². The third-order valence-electron chi connectivity index (χ3n) is 3.35. The van der Waals surface area contributed by atoms with Crippen LogP contribution in [-0.2, 0) is 10.0 Å². The van der Waals surface area contributed by atoms with Gasteiger partial charge in [-0.15, -0.1) is 0 Å². The Balaban J connectivity index is 1.98. The molecule has 0 aliphatic carbocycles. The second-order valence-corrected chi connectivity index (χ2v) is 7.04. The number of hydrogen-bond donors (Lipinski definition) is 3. The van der Waals surface area contributed by atoms with Crippen molar-refractivity contribution in [2.75, 3.05) is 4.72 Å². The normalized spacial score (nSPS) is 11.6. The first kappa shape index (κ1) is 16.3. The minimum atomic E-state index is -4.15. The van der Waals surface area contributed by atoms with Crippen molar-refractivity contribution in [3.05, 3.63) is 59.0 Å². The van der Waals surface area contributed by atoms with Gasteiger partial charge in [-0.3, -0.25) is 4.72 Å². The van der Waals surface area contributed by atoms with Gasteiger partial charge in [0.25, 0.3) is 10.0 Å². The van der Waals surface area contributed by atoms with E-state index in [-0.39, 0.29) is 16.3 Å². The SMILES string of the molecule is O=C(O)c1c[nH]c2cc(NS(=O)(=O)c3ccc(Cl)cc3F)ccc12. The predicted octanol–water partition coefficient (Wildman–Crippen LogP) is 3.46. The molecule has 0 saturated carbocycles. The smallest absolute Gasteiger partial charge is 0.337 e. The largest absolute Gasteiger partial charge is 0.478 e. The maximum Gasteiger partial charge on any atom is 0.337 e. The van der Waals surface area contributed by atoms with E-state index in [1.807, 2.05) is 0 Å². The molecule has 124 valence electrons. The molecule has 6 nitrogen and oxygen atoms in total. The van der Waals surface area contributed by atoms with E-state index < -0.39 is 26.7 Å². The molecule has 0 saturated heterocycles. The van der Waals surface area contributed by atoms with Gasteiger partial charge in [-0.05, 0) is 36.4 Å². The van der Waals surface area contributed by atoms with Crippen molar-refractivity contribution in [3.8, 4) is 0 Å². The molecule has 0 fully saturated rings. The number of benzene rings is 2. The van der Waals surface area contributed by atoms with Crippen LogP contribution in [0.2, 0.25) is 5.02 Å². The number of fused-ring (bicyclic) bond motifs is 1. The van der Waals surface area contributed by atoms with Gasteiger partial charge in [0.1, 0.15) is 10.7 Å². The summed E-state index contributed by atoms with van der Waals surface area (Å²) in [7, 11) is -4.15. The summed E-state index contributed by atoms with van der Waals surface area (Å²) < 4.78 is 40.6. The topological polar surface area (TPSA) is 99.3 Å². The number of carboxylic acid groups (broad SMARTS) is 1. The number of halogens is 2. The first-order valence-electron chi connectivity index (χ1n) is 6.60. The minimum Gasteiger partial charge on any atom is -0.478 e. The summed E-state index contributed by atoms with van der Waals surface area (Å²) in [6, 6.07) is 7.53. The molecule has 2 aromatic carbocycles. The highest BCUT2D eigenvalue weighted by molar-refractivity contribution is 7.92. The van der Waals surface area contributed by atoms with Gasteiger partial charge in [0.15, 0.2) is 0 Å². The van der Waals surface area contributed by atoms with E-state index in [9.17, 15) is 17.6 Å². The summed E-state index contributed by atoms with van der Waals surface area (Å²) in [5.41, 5.74) is 0.669. The predicted molar refractivity (Wildman–Crippen MR) is 87.5 cm³/mol. The molecule has 0 aliphatic rings. The summed E-state index contributed by atoms with van der Waals surface area (Å²) in [5, 5.41) is 9.56. The molecule has 0 amide bonds. The number of hydrogen-bond acceptors (Lipinski definition) is 3. The number of aromatic carboxylic acids is 1. The van der Waals surface area contributed by atoms with Gasteiger partial charge in [0.05, 0.1) is 11.3 Å². The third kappa shape index (κ3) is 2.93. The molecule has 1 heterocycles. The summed E-state index contributed by atoms with van der Waals surface area (Å²) >= 11 is 5.61. The lowest BCUT2D eigenvalue weighted by Gasteiger charge is -2.09. The first-order chi connectivity index (χ1) is 11.3. The fraction of sp³-hybridized carbons (Fsp3) is 0. The molecule has 3 N–H and O–H groups in total. The molecule has 0 atom stereocenters. The van der Waals surface area contributed by atoms with Gasteiger partial charge >= 0.3 is 5.97 Å². The Bertz CT molecular complexity index is 1060. The highest BCUT2D eigenvalue weighted by atomic mass is 35.5. The zero-order chi connectivity index (χ0) is 17.5. The number of rotatable bonds is 4. The number of anilines is 1. The van der Waals surface area contributed by atoms with Crippen LogP contribution in [0.1, 0.15) is 10.4 Å². The van der Waals surface area contributed by atoms with E-state index in [1.54, 1.807) is 0 Å². The van der Waals surface area contributed by atoms with Crippen molar-refractivity contribution in [3.63, 3.8) is 0 Å². The summed E-state index contributed by atoms with van der Waals surface area (Å²) in [6.07, 6.45) is 1.31. The van der Waals surface area contributed by atoms with Crippen LogP contribution < -0.4 is 4.72 Å². The van der Waals surface area contributed by atoms with E-state index in [2.05, 4.69) is 9.71 Å². The number of carboxylic acids is 1. The maximum absolute atomic E-state index is 13.8. The monoisotopic (exact) mass is 368 g/mol. The van der Waals surface area contributed by atoms with Crippen LogP contribution in [-0.4, -0.2) is 24.5 Å². The Morgan fingerprint density at radius 2 is 1.96 bits per heavy atom. The second kappa shape index (κ2) is 5.81. The minimum absolute atomic E-state index is 0.0724. The van der Waals surface area contributed by atoms with Crippen molar-refractivity contribution < 1.29 is 22.7 Å². The highest BCUT2D eigenvalue weighted by Crippen LogP contribution is 2.25. The highest BCUT2D eigenvalue weighted by Gasteiger charge is 2.20. The van der Waals surface area contributed by atoms with E-state index in [0.29, 0.717) is 10.9 Å². The zero-order valence-electron chi connectivity index (χ0n) is 11.9. The second-order valence-electron chi connectivity index (χ2n) is 4.95. The van der Waals surface area contributed by atoms with Crippen molar-refractivity contribution in [1.29, 1.82) is 0 Å². The quantitative estimate of drug-likeness (QED) is 0.656. The van der Waals surface area contributed by atoms with Crippen LogP contribution in [0.25, 0.3) is 10.9 Å². The fourth-order valence-electron chi connectivity index (χ4n) is 2.27. The Morgan fingerprint density at radius 1 is 1.21 bits per heavy atom. The lowest BCUT2D eigenvalue weighted by Crippen LogP contribution is -2.14. The molecule has 3 rings (SSSR count). The molecule has 0 spiro atoms. The molecule has 0 unspecified atom stereocenters. The summed E-state index contributed by atoms with van der Waals surface area (Å²) in [6.45, 7) is 0. The summed E-state index contributed by atoms with van der Waals surface area (Å²) in [4.78, 5) is 13.3. The average molecular weight is 369 g/mol. The summed E-state index contributed by atoms with van der Waals surface area (Å²) in [5.74, 6) is -2.07. The molecular weight excluding hydrogens is 359 g/mol. The van der Waals surface area contributed by atoms with Crippen LogP contribution in [0.15, 0.2) is 47.5 Å². The molecule has 24 heavy (non-hydrogen) atoms. The van der Waals surface area contributed by atoms with Crippen molar-refractivity contribution in [1.82, 2.24) is 4.98 Å². The fourth-order valence-corrected chi connectivity index (χ4v) is 3.54. The van der Waals surface area contributed by atoms with Gasteiger partial charge in [0.2, 0.25) is 0 Å². The number of aromatic nitrogens is 1. The molecule has 0 aliphatic heterocycles. The van der Waals surface area contributed by atoms with E-state index in [0.717, 1.165) is 12.1 Å². The Hall–Kier alpha value is -2.58. The number of aromatic amines is 1. The van der Waals surface area contributed by atoms with E-state index in [1.165, 1.54) is 30.5 Å². The lowest BCUT2D eigenvalue weighted by atomic mass is 10.1. The lowest BCUT2D eigenvalue weighted by molar-refractivity contribution is 0.0699. The van der Waals surface area contributed by atoms with Crippen molar-refractivity contribution in [2.24, 2.45) is 0 Å². The molecular formula is C15H10ClFN2O4S. The van der Waals surface area contributed by atoms with Gasteiger partial charge in [0, 0.05) is 22.1 Å². The van der Waals surface area contributed by atoms with Gasteiger partial charge in [-0.25, -0.2) is 17.6 Å². The molecule has 0 radical (unpaired) electrons. The molecule has 0 bridgehead atoms. The van der Waals surface area contributed by atoms with Gasteiger partial charge in [-0.1, -0.05) is 11.6 Å². The molecule has 9 heteroatoms. The number of nitrogens with one attached hydrogen (secondary N) is 2. The van der Waals surface area contributed by atoms with E-state index in [4.69, 9.17) is 16.7 Å². The number of sulfonamides is 1. The van der Waals surface area contributed by atoms with Crippen molar-refractivity contribution >= 4 is 44.2 Å². The van der Waals surface area contributed by atoms with Crippen LogP contribution in [0.3, 0.4) is 0 Å². The number of carbonyl (C=O) groups is 1. The zero-order valence-corrected chi connectivity index (χ0v) is 13.5.